The third-order valence-electron chi connectivity index (χ3n) is 6.02. The van der Waals surface area contributed by atoms with Crippen molar-refractivity contribution in [3.05, 3.63) is 120 Å². The molecule has 0 aromatic heterocycles. The van der Waals surface area contributed by atoms with E-state index in [1.807, 2.05) is 0 Å². The molecule has 0 aliphatic carbocycles. The number of halogens is 2. The predicted molar refractivity (Wildman–Crippen MR) is 172 cm³/mol. The van der Waals surface area contributed by atoms with Gasteiger partial charge in [-0.05, 0) is 118 Å². The Morgan fingerprint density at radius 2 is 1.00 bits per heavy atom. The summed E-state index contributed by atoms with van der Waals surface area (Å²) in [6.07, 6.45) is 5.33. The van der Waals surface area contributed by atoms with Crippen LogP contribution in [0.15, 0.2) is 74.4 Å². The van der Waals surface area contributed by atoms with Gasteiger partial charge < -0.3 is 14.2 Å². The summed E-state index contributed by atoms with van der Waals surface area (Å²) in [5.74, 6) is 2.64. The minimum atomic E-state index is -0.0558. The molecule has 37 heavy (non-hydrogen) atoms. The van der Waals surface area contributed by atoms with E-state index in [0.717, 1.165) is 52.2 Å². The Balaban J connectivity index is 2.30. The van der Waals surface area contributed by atoms with Gasteiger partial charge >= 0.3 is 0 Å². The van der Waals surface area contributed by atoms with Crippen molar-refractivity contribution in [3.8, 4) is 17.2 Å². The molecule has 5 heteroatoms. The normalized spacial score (nSPS) is 10.8. The fourth-order valence-corrected chi connectivity index (χ4v) is 6.73. The van der Waals surface area contributed by atoms with Crippen molar-refractivity contribution >= 4 is 45.2 Å². The van der Waals surface area contributed by atoms with E-state index in [1.54, 1.807) is 18.2 Å². The summed E-state index contributed by atoms with van der Waals surface area (Å²) in [6.45, 7) is 21.2. The quantitative estimate of drug-likeness (QED) is 0.106. The van der Waals surface area contributed by atoms with E-state index < -0.39 is 0 Å². The molecule has 194 valence electrons. The lowest BCUT2D eigenvalue weighted by Crippen LogP contribution is -2.11. The van der Waals surface area contributed by atoms with E-state index >= 15 is 0 Å². The molecule has 0 saturated carbocycles. The second-order valence-electron chi connectivity index (χ2n) is 9.01. The van der Waals surface area contributed by atoms with Crippen molar-refractivity contribution in [3.63, 3.8) is 0 Å². The lowest BCUT2D eigenvalue weighted by atomic mass is 9.82. The number of aryl methyl sites for hydroxylation is 4. The summed E-state index contributed by atoms with van der Waals surface area (Å²) in [7, 11) is 0. The molecule has 0 N–H and O–H groups in total. The third-order valence-corrected chi connectivity index (χ3v) is 7.44. The number of benzene rings is 3. The monoisotopic (exact) mass is 720 g/mol. The van der Waals surface area contributed by atoms with Gasteiger partial charge in [-0.25, -0.2) is 0 Å². The van der Waals surface area contributed by atoms with E-state index in [9.17, 15) is 0 Å². The number of hydrogen-bond donors (Lipinski definition) is 0. The molecule has 3 aromatic carbocycles. The second-order valence-corrected chi connectivity index (χ2v) is 11.4. The average molecular weight is 720 g/mol. The molecule has 0 fully saturated rings. The molecule has 0 amide bonds. The summed E-state index contributed by atoms with van der Waals surface area (Å²) < 4.78 is 20.5. The molecule has 0 aliphatic rings. The van der Waals surface area contributed by atoms with Crippen LogP contribution in [0.4, 0.5) is 0 Å². The first-order valence-corrected chi connectivity index (χ1v) is 14.3. The number of ether oxygens (including phenoxy) is 3. The van der Waals surface area contributed by atoms with Crippen molar-refractivity contribution in [2.24, 2.45) is 0 Å². The second kappa shape index (κ2) is 13.5. The SMILES string of the molecule is C=CCOc1c(C)cc(C(c2cc(C)c(OCC=C)c(C)c2)c2cc(I)cc(I)c2OCC=C)cc1C. The van der Waals surface area contributed by atoms with Crippen LogP contribution in [0.5, 0.6) is 17.2 Å². The molecule has 3 aromatic rings. The summed E-state index contributed by atoms with van der Waals surface area (Å²) in [5, 5.41) is 0. The summed E-state index contributed by atoms with van der Waals surface area (Å²) in [5.41, 5.74) is 7.85. The average Bonchev–Trinajstić information content (AvgIpc) is 2.83. The van der Waals surface area contributed by atoms with E-state index in [1.165, 1.54) is 11.1 Å². The molecule has 0 unspecified atom stereocenters. The van der Waals surface area contributed by atoms with E-state index in [4.69, 9.17) is 14.2 Å². The van der Waals surface area contributed by atoms with Gasteiger partial charge in [0.15, 0.2) is 0 Å². The molecule has 3 nitrogen and oxygen atoms in total. The first-order chi connectivity index (χ1) is 17.7. The minimum absolute atomic E-state index is 0.0558. The molecular weight excluding hydrogens is 686 g/mol. The Labute approximate surface area is 248 Å². The standard InChI is InChI=1S/C32H34I2O3/c1-8-11-35-30-20(4)14-24(15-21(30)5)29(25-16-22(6)31(23(7)17-25)36-12-9-2)27-18-26(33)19-28(34)32(27)37-13-10-3/h8-10,14-19,29H,1-3,11-13H2,4-7H3. The predicted octanol–water partition coefficient (Wildman–Crippen LogP) is 9.00. The topological polar surface area (TPSA) is 27.7 Å². The van der Waals surface area contributed by atoms with E-state index in [0.29, 0.717) is 19.8 Å². The molecule has 0 bridgehead atoms. The van der Waals surface area contributed by atoms with Crippen LogP contribution < -0.4 is 14.2 Å². The Kier molecular flexibility index (Phi) is 10.7. The fourth-order valence-electron chi connectivity index (χ4n) is 4.68. The van der Waals surface area contributed by atoms with E-state index in [2.05, 4.69) is 129 Å². The van der Waals surface area contributed by atoms with Crippen LogP contribution in [0.3, 0.4) is 0 Å². The molecule has 0 radical (unpaired) electrons. The molecule has 0 atom stereocenters. The summed E-state index contributed by atoms with van der Waals surface area (Å²) in [4.78, 5) is 0. The summed E-state index contributed by atoms with van der Waals surface area (Å²) in [6, 6.07) is 13.3. The van der Waals surface area contributed by atoms with Gasteiger partial charge in [-0.2, -0.15) is 0 Å². The number of rotatable bonds is 12. The first-order valence-electron chi connectivity index (χ1n) is 12.1. The highest BCUT2D eigenvalue weighted by Gasteiger charge is 2.26. The maximum Gasteiger partial charge on any atom is 0.137 e. The Morgan fingerprint density at radius 1 is 0.622 bits per heavy atom. The fraction of sp³-hybridized carbons (Fsp3) is 0.250. The zero-order valence-electron chi connectivity index (χ0n) is 22.0. The maximum atomic E-state index is 6.27. The highest BCUT2D eigenvalue weighted by atomic mass is 127. The third kappa shape index (κ3) is 6.99. The molecule has 0 aliphatic heterocycles. The minimum Gasteiger partial charge on any atom is -0.489 e. The molecule has 0 heterocycles. The summed E-state index contributed by atoms with van der Waals surface area (Å²) >= 11 is 4.75. The van der Waals surface area contributed by atoms with Crippen molar-refractivity contribution in [1.29, 1.82) is 0 Å². The maximum absolute atomic E-state index is 6.27. The van der Waals surface area contributed by atoms with Gasteiger partial charge in [0.2, 0.25) is 0 Å². The highest BCUT2D eigenvalue weighted by Crippen LogP contribution is 2.43. The van der Waals surface area contributed by atoms with Crippen molar-refractivity contribution < 1.29 is 14.2 Å². The van der Waals surface area contributed by atoms with Crippen molar-refractivity contribution in [2.45, 2.75) is 33.6 Å². The van der Waals surface area contributed by atoms with Crippen LogP contribution in [0.1, 0.15) is 44.9 Å². The van der Waals surface area contributed by atoms with Crippen LogP contribution in [0, 0.1) is 34.8 Å². The van der Waals surface area contributed by atoms with Crippen LogP contribution >= 0.6 is 45.2 Å². The van der Waals surface area contributed by atoms with Crippen molar-refractivity contribution in [1.82, 2.24) is 0 Å². The van der Waals surface area contributed by atoms with Crippen LogP contribution in [-0.4, -0.2) is 19.8 Å². The van der Waals surface area contributed by atoms with Gasteiger partial charge in [0.25, 0.3) is 0 Å². The molecule has 3 rings (SSSR count). The molecule has 0 saturated heterocycles. The first kappa shape index (κ1) is 29.3. The lowest BCUT2D eigenvalue weighted by Gasteiger charge is -2.26. The van der Waals surface area contributed by atoms with Gasteiger partial charge in [-0.1, -0.05) is 62.2 Å². The van der Waals surface area contributed by atoms with Crippen LogP contribution in [-0.2, 0) is 0 Å². The van der Waals surface area contributed by atoms with Gasteiger partial charge in [0.05, 0.1) is 3.57 Å². The molecular formula is C32H34I2O3. The van der Waals surface area contributed by atoms with Gasteiger partial charge in [-0.15, -0.1) is 0 Å². The largest absolute Gasteiger partial charge is 0.489 e. The van der Waals surface area contributed by atoms with Crippen molar-refractivity contribution in [2.75, 3.05) is 19.8 Å². The zero-order valence-corrected chi connectivity index (χ0v) is 26.3. The number of hydrogen-bond acceptors (Lipinski definition) is 3. The molecule has 0 spiro atoms. The Bertz CT molecular complexity index is 1200. The van der Waals surface area contributed by atoms with Gasteiger partial charge in [-0.3, -0.25) is 0 Å². The van der Waals surface area contributed by atoms with Gasteiger partial charge in [0.1, 0.15) is 37.1 Å². The van der Waals surface area contributed by atoms with Crippen LogP contribution in [0.25, 0.3) is 0 Å². The smallest absolute Gasteiger partial charge is 0.137 e. The lowest BCUT2D eigenvalue weighted by molar-refractivity contribution is 0.355. The van der Waals surface area contributed by atoms with Crippen LogP contribution in [0.2, 0.25) is 0 Å². The van der Waals surface area contributed by atoms with E-state index in [-0.39, 0.29) is 5.92 Å². The zero-order chi connectivity index (χ0) is 27.1. The Hall–Kier alpha value is -2.26. The van der Waals surface area contributed by atoms with Gasteiger partial charge in [0, 0.05) is 15.1 Å². The highest BCUT2D eigenvalue weighted by molar-refractivity contribution is 14.1. The Morgan fingerprint density at radius 3 is 1.38 bits per heavy atom.